The fraction of sp³-hybridized carbons (Fsp3) is 1.00. The lowest BCUT2D eigenvalue weighted by Crippen LogP contribution is -2.56. The summed E-state index contributed by atoms with van der Waals surface area (Å²) in [4.78, 5) is 0. The van der Waals surface area contributed by atoms with Gasteiger partial charge < -0.3 is 5.32 Å². The summed E-state index contributed by atoms with van der Waals surface area (Å²) >= 11 is 0. The SMILES string of the molecule is CN[C@H](C)C(C)(C)NN. The van der Waals surface area contributed by atoms with E-state index < -0.39 is 0 Å². The molecule has 0 amide bonds. The number of hydrazine groups is 1. The first-order valence-electron chi connectivity index (χ1n) is 3.19. The van der Waals surface area contributed by atoms with Crippen molar-refractivity contribution in [3.8, 4) is 0 Å². The highest BCUT2D eigenvalue weighted by Gasteiger charge is 2.21. The Balaban J connectivity index is 3.80. The van der Waals surface area contributed by atoms with Crippen molar-refractivity contribution >= 4 is 0 Å². The minimum Gasteiger partial charge on any atom is -0.315 e. The summed E-state index contributed by atoms with van der Waals surface area (Å²) in [6.45, 7) is 6.18. The molecule has 3 heteroatoms. The van der Waals surface area contributed by atoms with E-state index in [4.69, 9.17) is 5.84 Å². The third-order valence-electron chi connectivity index (χ3n) is 1.89. The minimum atomic E-state index is -0.0330. The summed E-state index contributed by atoms with van der Waals surface area (Å²) in [7, 11) is 1.92. The van der Waals surface area contributed by atoms with Crippen LogP contribution in [0.5, 0.6) is 0 Å². The lowest BCUT2D eigenvalue weighted by atomic mass is 9.98. The van der Waals surface area contributed by atoms with E-state index in [9.17, 15) is 0 Å². The molecule has 0 aliphatic rings. The average molecular weight is 131 g/mol. The summed E-state index contributed by atoms with van der Waals surface area (Å²) < 4.78 is 0. The molecule has 0 aromatic carbocycles. The van der Waals surface area contributed by atoms with E-state index in [1.54, 1.807) is 0 Å². The van der Waals surface area contributed by atoms with Gasteiger partial charge in [0.15, 0.2) is 0 Å². The molecule has 1 atom stereocenters. The molecule has 4 N–H and O–H groups in total. The third kappa shape index (κ3) is 2.30. The molecule has 9 heavy (non-hydrogen) atoms. The zero-order valence-electron chi connectivity index (χ0n) is 6.65. The number of hydrogen-bond acceptors (Lipinski definition) is 3. The van der Waals surface area contributed by atoms with Gasteiger partial charge in [0, 0.05) is 11.6 Å². The number of hydrogen-bond donors (Lipinski definition) is 3. The normalized spacial score (nSPS) is 15.7. The van der Waals surface area contributed by atoms with Crippen molar-refractivity contribution in [3.63, 3.8) is 0 Å². The number of nitrogens with two attached hydrogens (primary N) is 1. The predicted molar refractivity (Wildman–Crippen MR) is 39.9 cm³/mol. The Morgan fingerprint density at radius 3 is 2.00 bits per heavy atom. The van der Waals surface area contributed by atoms with Crippen LogP contribution in [-0.4, -0.2) is 18.6 Å². The zero-order chi connectivity index (χ0) is 7.49. The Hall–Kier alpha value is -0.120. The number of likely N-dealkylation sites (N-methyl/N-ethyl adjacent to an activating group) is 1. The van der Waals surface area contributed by atoms with Crippen LogP contribution in [0.2, 0.25) is 0 Å². The van der Waals surface area contributed by atoms with Crippen LogP contribution in [0.4, 0.5) is 0 Å². The van der Waals surface area contributed by atoms with Crippen molar-refractivity contribution < 1.29 is 0 Å². The lowest BCUT2D eigenvalue weighted by molar-refractivity contribution is 0.307. The standard InChI is InChI=1S/C6H17N3/c1-5(8-4)6(2,3)9-7/h5,8-9H,7H2,1-4H3/t5-/m1/s1. The Morgan fingerprint density at radius 2 is 1.89 bits per heavy atom. The van der Waals surface area contributed by atoms with E-state index in [0.29, 0.717) is 6.04 Å². The Labute approximate surface area is 57.0 Å². The van der Waals surface area contributed by atoms with Gasteiger partial charge in [-0.2, -0.15) is 0 Å². The van der Waals surface area contributed by atoms with Crippen LogP contribution < -0.4 is 16.6 Å². The molecular formula is C6H17N3. The van der Waals surface area contributed by atoms with E-state index in [1.807, 2.05) is 20.9 Å². The second kappa shape index (κ2) is 3.15. The van der Waals surface area contributed by atoms with Gasteiger partial charge in [-0.1, -0.05) is 0 Å². The van der Waals surface area contributed by atoms with E-state index in [1.165, 1.54) is 0 Å². The first kappa shape index (κ1) is 8.88. The highest BCUT2D eigenvalue weighted by Crippen LogP contribution is 2.04. The molecule has 0 fully saturated rings. The van der Waals surface area contributed by atoms with E-state index in [-0.39, 0.29) is 5.54 Å². The second-order valence-corrected chi connectivity index (χ2v) is 2.88. The van der Waals surface area contributed by atoms with Gasteiger partial charge in [0.05, 0.1) is 0 Å². The summed E-state index contributed by atoms with van der Waals surface area (Å²) in [5.74, 6) is 5.29. The molecule has 0 spiro atoms. The maximum absolute atomic E-state index is 5.29. The third-order valence-corrected chi connectivity index (χ3v) is 1.89. The molecular weight excluding hydrogens is 114 g/mol. The number of rotatable bonds is 3. The molecule has 0 saturated heterocycles. The zero-order valence-corrected chi connectivity index (χ0v) is 6.65. The van der Waals surface area contributed by atoms with Crippen LogP contribution in [-0.2, 0) is 0 Å². The van der Waals surface area contributed by atoms with Gasteiger partial charge in [-0.3, -0.25) is 11.3 Å². The molecule has 0 radical (unpaired) electrons. The van der Waals surface area contributed by atoms with E-state index in [2.05, 4.69) is 17.7 Å². The molecule has 0 saturated carbocycles. The topological polar surface area (TPSA) is 50.1 Å². The van der Waals surface area contributed by atoms with Crippen LogP contribution in [0.25, 0.3) is 0 Å². The van der Waals surface area contributed by atoms with Crippen molar-refractivity contribution in [1.29, 1.82) is 0 Å². The smallest absolute Gasteiger partial charge is 0.0415 e. The maximum atomic E-state index is 5.29. The molecule has 3 nitrogen and oxygen atoms in total. The van der Waals surface area contributed by atoms with Crippen LogP contribution in [0.1, 0.15) is 20.8 Å². The average Bonchev–Trinajstić information content (AvgIpc) is 1.86. The molecule has 0 bridgehead atoms. The van der Waals surface area contributed by atoms with Crippen molar-refractivity contribution in [2.75, 3.05) is 7.05 Å². The molecule has 0 heterocycles. The first-order chi connectivity index (χ1) is 4.04. The number of nitrogens with one attached hydrogen (secondary N) is 2. The highest BCUT2D eigenvalue weighted by molar-refractivity contribution is 4.84. The second-order valence-electron chi connectivity index (χ2n) is 2.88. The van der Waals surface area contributed by atoms with Crippen molar-refractivity contribution in [3.05, 3.63) is 0 Å². The predicted octanol–water partition coefficient (Wildman–Crippen LogP) is -0.164. The quantitative estimate of drug-likeness (QED) is 0.368. The van der Waals surface area contributed by atoms with Gasteiger partial charge in [0.25, 0.3) is 0 Å². The van der Waals surface area contributed by atoms with Crippen LogP contribution in [0.3, 0.4) is 0 Å². The fourth-order valence-corrected chi connectivity index (χ4v) is 0.486. The molecule has 0 rings (SSSR count). The molecule has 56 valence electrons. The molecule has 0 aliphatic carbocycles. The monoisotopic (exact) mass is 131 g/mol. The Morgan fingerprint density at radius 1 is 1.44 bits per heavy atom. The lowest BCUT2D eigenvalue weighted by Gasteiger charge is -2.30. The Kier molecular flexibility index (Phi) is 3.11. The van der Waals surface area contributed by atoms with Gasteiger partial charge >= 0.3 is 0 Å². The maximum Gasteiger partial charge on any atom is 0.0415 e. The summed E-state index contributed by atoms with van der Waals surface area (Å²) in [5, 5.41) is 3.11. The summed E-state index contributed by atoms with van der Waals surface area (Å²) in [5.41, 5.74) is 2.70. The summed E-state index contributed by atoms with van der Waals surface area (Å²) in [6, 6.07) is 0.377. The first-order valence-corrected chi connectivity index (χ1v) is 3.19. The van der Waals surface area contributed by atoms with Crippen molar-refractivity contribution in [2.24, 2.45) is 5.84 Å². The molecule has 0 unspecified atom stereocenters. The van der Waals surface area contributed by atoms with E-state index in [0.717, 1.165) is 0 Å². The molecule has 0 aromatic heterocycles. The summed E-state index contributed by atoms with van der Waals surface area (Å²) in [6.07, 6.45) is 0. The van der Waals surface area contributed by atoms with Crippen molar-refractivity contribution in [2.45, 2.75) is 32.4 Å². The molecule has 0 aliphatic heterocycles. The van der Waals surface area contributed by atoms with Crippen molar-refractivity contribution in [1.82, 2.24) is 10.7 Å². The van der Waals surface area contributed by atoms with E-state index >= 15 is 0 Å². The molecule has 0 aromatic rings. The van der Waals surface area contributed by atoms with Gasteiger partial charge in [-0.05, 0) is 27.8 Å². The van der Waals surface area contributed by atoms with Crippen LogP contribution in [0.15, 0.2) is 0 Å². The highest BCUT2D eigenvalue weighted by atomic mass is 15.3. The van der Waals surface area contributed by atoms with Crippen LogP contribution >= 0.6 is 0 Å². The van der Waals surface area contributed by atoms with Gasteiger partial charge in [0.1, 0.15) is 0 Å². The van der Waals surface area contributed by atoms with Gasteiger partial charge in [-0.15, -0.1) is 0 Å². The minimum absolute atomic E-state index is 0.0330. The fourth-order valence-electron chi connectivity index (χ4n) is 0.486. The largest absolute Gasteiger partial charge is 0.315 e. The van der Waals surface area contributed by atoms with Gasteiger partial charge in [-0.25, -0.2) is 0 Å². The van der Waals surface area contributed by atoms with Gasteiger partial charge in [0.2, 0.25) is 0 Å². The van der Waals surface area contributed by atoms with Crippen LogP contribution in [0, 0.1) is 0 Å². The Bertz CT molecular complexity index is 80.4.